The number of anilines is 1. The van der Waals surface area contributed by atoms with Crippen molar-refractivity contribution < 1.29 is 27.1 Å². The molecule has 2 fully saturated rings. The Labute approximate surface area is 282 Å². The number of likely N-dealkylation sites (tertiary alicyclic amines) is 1. The summed E-state index contributed by atoms with van der Waals surface area (Å²) in [4.78, 5) is 37.7. The molecular formula is C34H37FN8O5S. The van der Waals surface area contributed by atoms with Crippen LogP contribution < -0.4 is 20.9 Å². The van der Waals surface area contributed by atoms with E-state index in [0.29, 0.717) is 57.7 Å². The number of rotatable bonds is 9. The van der Waals surface area contributed by atoms with E-state index in [0.717, 1.165) is 23.9 Å². The Morgan fingerprint density at radius 3 is 2.59 bits per heavy atom. The Balaban J connectivity index is 1.22. The van der Waals surface area contributed by atoms with Crippen LogP contribution in [0.25, 0.3) is 33.6 Å². The summed E-state index contributed by atoms with van der Waals surface area (Å²) in [5.41, 5.74) is 9.99. The van der Waals surface area contributed by atoms with Gasteiger partial charge >= 0.3 is 0 Å². The number of sulfonamides is 1. The SMILES string of the molecule is COc1cc(C(=O)N2C[C@H](N)C[C@@H](F)C2)cc2nc(-c3cc4ccc(CC(=O)Nc5cccc(S(N)(=O)=O)c5)nc4n3CC3CC3)n(C)c12. The van der Waals surface area contributed by atoms with E-state index in [4.69, 9.17) is 25.6 Å². The topological polar surface area (TPSA) is 180 Å². The van der Waals surface area contributed by atoms with Gasteiger partial charge in [-0.05, 0) is 73.7 Å². The van der Waals surface area contributed by atoms with Gasteiger partial charge in [0, 0.05) is 42.8 Å². The number of hydrogen-bond acceptors (Lipinski definition) is 8. The van der Waals surface area contributed by atoms with E-state index in [1.54, 1.807) is 24.3 Å². The van der Waals surface area contributed by atoms with E-state index in [1.807, 2.05) is 23.7 Å². The number of pyridine rings is 1. The van der Waals surface area contributed by atoms with Crippen LogP contribution in [0.15, 0.2) is 59.5 Å². The predicted octanol–water partition coefficient (Wildman–Crippen LogP) is 3.35. The summed E-state index contributed by atoms with van der Waals surface area (Å²) in [6.45, 7) is 0.979. The first-order valence-corrected chi connectivity index (χ1v) is 17.6. The molecule has 1 aliphatic heterocycles. The monoisotopic (exact) mass is 688 g/mol. The lowest BCUT2D eigenvalue weighted by molar-refractivity contribution is -0.115. The van der Waals surface area contributed by atoms with Crippen LogP contribution >= 0.6 is 0 Å². The zero-order valence-corrected chi connectivity index (χ0v) is 27.9. The van der Waals surface area contributed by atoms with Gasteiger partial charge in [0.2, 0.25) is 15.9 Å². The van der Waals surface area contributed by atoms with Crippen LogP contribution in [0.1, 0.15) is 35.3 Å². The molecule has 0 radical (unpaired) electrons. The number of hydrogen-bond donors (Lipinski definition) is 3. The maximum Gasteiger partial charge on any atom is 0.254 e. The number of carbonyl (C=O) groups is 2. The number of alkyl halides is 1. The number of primary sulfonamides is 1. The van der Waals surface area contributed by atoms with Gasteiger partial charge in [0.05, 0.1) is 41.9 Å². The number of imidazole rings is 1. The largest absolute Gasteiger partial charge is 0.494 e. The molecule has 2 amide bonds. The number of methoxy groups -OCH3 is 1. The van der Waals surface area contributed by atoms with Crippen LogP contribution in [0.2, 0.25) is 0 Å². The third-order valence-corrected chi connectivity index (χ3v) is 9.99. The summed E-state index contributed by atoms with van der Waals surface area (Å²) in [5.74, 6) is 0.907. The Kier molecular flexibility index (Phi) is 8.37. The molecule has 4 heterocycles. The fourth-order valence-corrected chi connectivity index (χ4v) is 7.12. The number of nitrogens with zero attached hydrogens (tertiary/aromatic N) is 5. The van der Waals surface area contributed by atoms with Gasteiger partial charge in [-0.2, -0.15) is 0 Å². The average molecular weight is 689 g/mol. The zero-order valence-electron chi connectivity index (χ0n) is 27.1. The average Bonchev–Trinajstić information content (AvgIpc) is 3.73. The van der Waals surface area contributed by atoms with Gasteiger partial charge in [-0.1, -0.05) is 6.07 Å². The van der Waals surface area contributed by atoms with Crippen LogP contribution in [0, 0.1) is 5.92 Å². The van der Waals surface area contributed by atoms with Crippen molar-refractivity contribution in [3.05, 3.63) is 65.9 Å². The molecule has 1 saturated carbocycles. The second-order valence-corrected chi connectivity index (χ2v) is 14.5. The van der Waals surface area contributed by atoms with E-state index < -0.39 is 22.2 Å². The van der Waals surface area contributed by atoms with E-state index in [-0.39, 0.29) is 42.6 Å². The second kappa shape index (κ2) is 12.5. The van der Waals surface area contributed by atoms with Gasteiger partial charge in [0.15, 0.2) is 5.82 Å². The Bertz CT molecular complexity index is 2220. The molecule has 0 spiro atoms. The molecule has 7 rings (SSSR count). The van der Waals surface area contributed by atoms with Crippen molar-refractivity contribution in [3.63, 3.8) is 0 Å². The molecule has 2 aliphatic rings. The minimum absolute atomic E-state index is 0.00985. The van der Waals surface area contributed by atoms with Crippen molar-refractivity contribution in [1.82, 2.24) is 24.0 Å². The number of piperidine rings is 1. The normalized spacial score (nSPS) is 18.3. The van der Waals surface area contributed by atoms with Crippen LogP contribution in [-0.2, 0) is 34.8 Å². The number of benzene rings is 2. The third kappa shape index (κ3) is 6.60. The molecule has 5 aromatic rings. The molecular weight excluding hydrogens is 651 g/mol. The molecule has 3 aromatic heterocycles. The third-order valence-electron chi connectivity index (χ3n) is 9.08. The summed E-state index contributed by atoms with van der Waals surface area (Å²) in [5, 5.41) is 8.83. The molecule has 1 saturated heterocycles. The maximum atomic E-state index is 14.3. The number of nitrogens with two attached hydrogens (primary N) is 2. The lowest BCUT2D eigenvalue weighted by Crippen LogP contribution is -2.50. The molecule has 2 aromatic carbocycles. The van der Waals surface area contributed by atoms with Crippen LogP contribution in [0.5, 0.6) is 5.75 Å². The molecule has 1 aliphatic carbocycles. The van der Waals surface area contributed by atoms with Crippen molar-refractivity contribution >= 4 is 49.6 Å². The van der Waals surface area contributed by atoms with Crippen molar-refractivity contribution in [2.24, 2.45) is 23.8 Å². The number of carbonyl (C=O) groups excluding carboxylic acids is 2. The number of fused-ring (bicyclic) bond motifs is 2. The highest BCUT2D eigenvalue weighted by Crippen LogP contribution is 2.38. The fourth-order valence-electron chi connectivity index (χ4n) is 6.56. The molecule has 13 nitrogen and oxygen atoms in total. The van der Waals surface area contributed by atoms with Gasteiger partial charge in [0.25, 0.3) is 5.91 Å². The van der Waals surface area contributed by atoms with Crippen LogP contribution in [0.3, 0.4) is 0 Å². The van der Waals surface area contributed by atoms with Gasteiger partial charge in [0.1, 0.15) is 23.1 Å². The first-order valence-electron chi connectivity index (χ1n) is 16.0. The summed E-state index contributed by atoms with van der Waals surface area (Å²) < 4.78 is 47.6. The second-order valence-electron chi connectivity index (χ2n) is 12.9. The number of aryl methyl sites for hydroxylation is 1. The first-order chi connectivity index (χ1) is 23.4. The number of amides is 2. The molecule has 256 valence electrons. The number of aromatic nitrogens is 4. The highest BCUT2D eigenvalue weighted by molar-refractivity contribution is 7.89. The summed E-state index contributed by atoms with van der Waals surface area (Å²) >= 11 is 0. The Hall–Kier alpha value is -4.86. The van der Waals surface area contributed by atoms with Gasteiger partial charge in [-0.25, -0.2) is 27.9 Å². The molecule has 15 heteroatoms. The Morgan fingerprint density at radius 2 is 1.88 bits per heavy atom. The predicted molar refractivity (Wildman–Crippen MR) is 182 cm³/mol. The van der Waals surface area contributed by atoms with Crippen LogP contribution in [0.4, 0.5) is 10.1 Å². The molecule has 5 N–H and O–H groups in total. The Morgan fingerprint density at radius 1 is 1.08 bits per heavy atom. The van der Waals surface area contributed by atoms with Crippen molar-refractivity contribution in [2.45, 2.75) is 49.3 Å². The van der Waals surface area contributed by atoms with Crippen molar-refractivity contribution in [3.8, 4) is 17.3 Å². The standard InChI is InChI=1S/C34H37FN8O5S/c1-41-31-27(10-21(12-29(31)48-2)34(45)42-17-22(35)13-23(36)18-42)40-33(41)28-11-20-8-9-25(39-32(20)43(28)16-19-6-7-19)15-30(44)38-24-4-3-5-26(14-24)49(37,46)47/h3-5,8-12,14,19,22-23H,6-7,13,15-18,36H2,1-2H3,(H,38,44)(H2,37,46,47)/t22-,23-/m1/s1. The molecule has 49 heavy (non-hydrogen) atoms. The summed E-state index contributed by atoms with van der Waals surface area (Å²) in [7, 11) is -0.496. The molecule has 2 atom stereocenters. The first kappa shape index (κ1) is 32.7. The summed E-state index contributed by atoms with van der Waals surface area (Å²) in [6.07, 6.45) is 1.21. The number of halogens is 1. The maximum absolute atomic E-state index is 14.3. The number of nitrogens with one attached hydrogen (secondary N) is 1. The van der Waals surface area contributed by atoms with Crippen LogP contribution in [-0.4, -0.2) is 76.6 Å². The molecule has 0 unspecified atom stereocenters. The highest BCUT2D eigenvalue weighted by atomic mass is 32.2. The lowest BCUT2D eigenvalue weighted by Gasteiger charge is -2.33. The van der Waals surface area contributed by atoms with E-state index in [2.05, 4.69) is 9.88 Å². The quantitative estimate of drug-likeness (QED) is 0.211. The summed E-state index contributed by atoms with van der Waals surface area (Å²) in [6, 6.07) is 14.4. The van der Waals surface area contributed by atoms with Gasteiger partial charge in [-0.15, -0.1) is 0 Å². The molecule has 0 bridgehead atoms. The van der Waals surface area contributed by atoms with E-state index >= 15 is 0 Å². The lowest BCUT2D eigenvalue weighted by atomic mass is 10.0. The smallest absolute Gasteiger partial charge is 0.254 e. The van der Waals surface area contributed by atoms with E-state index in [9.17, 15) is 22.4 Å². The van der Waals surface area contributed by atoms with Gasteiger partial charge in [-0.3, -0.25) is 9.59 Å². The minimum atomic E-state index is -3.92. The van der Waals surface area contributed by atoms with E-state index in [1.165, 1.54) is 30.2 Å². The van der Waals surface area contributed by atoms with Crippen molar-refractivity contribution in [1.29, 1.82) is 0 Å². The number of ether oxygens (including phenoxy) is 1. The zero-order chi connectivity index (χ0) is 34.6. The minimum Gasteiger partial charge on any atom is -0.494 e. The highest BCUT2D eigenvalue weighted by Gasteiger charge is 2.31. The fraction of sp³-hybridized carbons (Fsp3) is 0.353. The van der Waals surface area contributed by atoms with Crippen molar-refractivity contribution in [2.75, 3.05) is 25.5 Å². The van der Waals surface area contributed by atoms with Gasteiger partial charge < -0.3 is 29.8 Å².